The number of nitrogens with one attached hydrogen (secondary N) is 1. The molecule has 1 N–H and O–H groups in total. The number of rotatable bonds is 9. The van der Waals surface area contributed by atoms with Gasteiger partial charge in [-0.15, -0.1) is 6.58 Å². The normalized spacial score (nSPS) is 18.7. The lowest BCUT2D eigenvalue weighted by Crippen LogP contribution is -2.20. The highest BCUT2D eigenvalue weighted by atomic mass is 15.1. The number of benzene rings is 1. The minimum atomic E-state index is 0.399. The van der Waals surface area contributed by atoms with Gasteiger partial charge in [0.1, 0.15) is 0 Å². The average molecular weight is 327 g/mol. The Kier molecular flexibility index (Phi) is 6.96. The van der Waals surface area contributed by atoms with E-state index in [4.69, 9.17) is 0 Å². The molecule has 132 valence electrons. The number of nitrogens with zero attached hydrogens (tertiary/aromatic N) is 1. The van der Waals surface area contributed by atoms with Gasteiger partial charge < -0.3 is 10.2 Å². The van der Waals surface area contributed by atoms with Gasteiger partial charge in [-0.05, 0) is 55.2 Å². The fourth-order valence-electron chi connectivity index (χ4n) is 3.73. The van der Waals surface area contributed by atoms with Crippen LogP contribution in [0.25, 0.3) is 0 Å². The summed E-state index contributed by atoms with van der Waals surface area (Å²) in [6, 6.07) is 9.13. The van der Waals surface area contributed by atoms with E-state index in [1.165, 1.54) is 37.2 Å². The van der Waals surface area contributed by atoms with Gasteiger partial charge in [0.05, 0.1) is 0 Å². The molecule has 2 nitrogen and oxygen atoms in total. The minimum Gasteiger partial charge on any atom is -0.392 e. The Hall–Kier alpha value is -1.70. The molecule has 2 heteroatoms. The van der Waals surface area contributed by atoms with Crippen molar-refractivity contribution in [2.45, 2.75) is 45.4 Å². The van der Waals surface area contributed by atoms with Crippen LogP contribution in [0, 0.1) is 11.8 Å². The van der Waals surface area contributed by atoms with Crippen molar-refractivity contribution in [3.05, 3.63) is 54.8 Å². The third-order valence-corrected chi connectivity index (χ3v) is 5.17. The molecule has 2 atom stereocenters. The zero-order chi connectivity index (χ0) is 17.5. The van der Waals surface area contributed by atoms with Gasteiger partial charge in [0.25, 0.3) is 0 Å². The molecule has 24 heavy (non-hydrogen) atoms. The monoisotopic (exact) mass is 326 g/mol. The molecule has 1 aromatic rings. The van der Waals surface area contributed by atoms with E-state index in [9.17, 15) is 0 Å². The summed E-state index contributed by atoms with van der Waals surface area (Å²) >= 11 is 0. The lowest BCUT2D eigenvalue weighted by molar-refractivity contribution is 0.441. The predicted octanol–water partition coefficient (Wildman–Crippen LogP) is 5.34. The predicted molar refractivity (Wildman–Crippen MR) is 107 cm³/mol. The Bertz CT molecular complexity index is 529. The van der Waals surface area contributed by atoms with Crippen molar-refractivity contribution in [2.24, 2.45) is 11.8 Å². The van der Waals surface area contributed by atoms with E-state index in [0.717, 1.165) is 30.4 Å². The van der Waals surface area contributed by atoms with Gasteiger partial charge in [0.15, 0.2) is 0 Å². The molecular formula is C22H34N2. The van der Waals surface area contributed by atoms with Crippen LogP contribution in [0.4, 0.5) is 5.69 Å². The number of hydrogen-bond donors (Lipinski definition) is 1. The highest BCUT2D eigenvalue weighted by molar-refractivity contribution is 5.49. The number of hydrogen-bond acceptors (Lipinski definition) is 2. The average Bonchev–Trinajstić information content (AvgIpc) is 3.03. The van der Waals surface area contributed by atoms with E-state index in [0.29, 0.717) is 5.92 Å². The van der Waals surface area contributed by atoms with Crippen LogP contribution in [0.3, 0.4) is 0 Å². The second-order valence-electron chi connectivity index (χ2n) is 7.56. The molecule has 0 saturated carbocycles. The third-order valence-electron chi connectivity index (χ3n) is 5.17. The van der Waals surface area contributed by atoms with Crippen LogP contribution >= 0.6 is 0 Å². The summed E-state index contributed by atoms with van der Waals surface area (Å²) in [4.78, 5) is 2.54. The maximum Gasteiger partial charge on any atom is 0.0366 e. The van der Waals surface area contributed by atoms with Crippen LogP contribution in [0.2, 0.25) is 0 Å². The molecule has 0 spiro atoms. The van der Waals surface area contributed by atoms with E-state index in [1.54, 1.807) is 0 Å². The van der Waals surface area contributed by atoms with Crippen molar-refractivity contribution in [1.29, 1.82) is 0 Å². The summed E-state index contributed by atoms with van der Waals surface area (Å²) in [5, 5.41) is 3.12. The molecule has 1 fully saturated rings. The number of allylic oxidation sites excluding steroid dienone is 2. The van der Waals surface area contributed by atoms with Crippen LogP contribution < -0.4 is 10.2 Å². The van der Waals surface area contributed by atoms with Gasteiger partial charge in [-0.1, -0.05) is 38.6 Å². The van der Waals surface area contributed by atoms with Gasteiger partial charge >= 0.3 is 0 Å². The smallest absolute Gasteiger partial charge is 0.0366 e. The lowest BCUT2D eigenvalue weighted by atomic mass is 9.93. The summed E-state index contributed by atoms with van der Waals surface area (Å²) in [6.07, 6.45) is 6.79. The minimum absolute atomic E-state index is 0.399. The van der Waals surface area contributed by atoms with Gasteiger partial charge in [0, 0.05) is 37.4 Å². The topological polar surface area (TPSA) is 15.3 Å². The van der Waals surface area contributed by atoms with Crippen molar-refractivity contribution < 1.29 is 0 Å². The molecule has 1 saturated heterocycles. The first-order valence-corrected chi connectivity index (χ1v) is 9.36. The number of anilines is 1. The highest BCUT2D eigenvalue weighted by Crippen LogP contribution is 2.30. The van der Waals surface area contributed by atoms with Crippen LogP contribution in [0.1, 0.15) is 51.0 Å². The first kappa shape index (κ1) is 18.6. The second kappa shape index (κ2) is 8.96. The maximum absolute atomic E-state index is 4.02. The van der Waals surface area contributed by atoms with Crippen molar-refractivity contribution in [3.8, 4) is 0 Å². The molecule has 0 aliphatic carbocycles. The molecule has 0 radical (unpaired) electrons. The fourth-order valence-corrected chi connectivity index (χ4v) is 3.73. The van der Waals surface area contributed by atoms with Crippen LogP contribution in [0.5, 0.6) is 0 Å². The summed E-state index contributed by atoms with van der Waals surface area (Å²) < 4.78 is 0. The first-order chi connectivity index (χ1) is 11.5. The highest BCUT2D eigenvalue weighted by Gasteiger charge is 2.23. The Labute approximate surface area is 148 Å². The largest absolute Gasteiger partial charge is 0.392 e. The molecule has 2 rings (SSSR count). The molecule has 1 aliphatic rings. The van der Waals surface area contributed by atoms with Crippen LogP contribution in [-0.2, 0) is 0 Å². The molecule has 0 aromatic heterocycles. The molecule has 0 bridgehead atoms. The maximum atomic E-state index is 4.02. The van der Waals surface area contributed by atoms with Gasteiger partial charge in [0.2, 0.25) is 0 Å². The second-order valence-corrected chi connectivity index (χ2v) is 7.56. The van der Waals surface area contributed by atoms with E-state index < -0.39 is 0 Å². The first-order valence-electron chi connectivity index (χ1n) is 9.36. The standard InChI is InChI=1S/C22H34N2/c1-6-20(8-7-18(4)23-5)21-9-11-22(12-10-21)24-14-13-19(16-24)15-17(2)3/h6,9-12,17,19-20,23H,1,4,7-8,13-16H2,2-3,5H3. The molecule has 2 unspecified atom stereocenters. The SMILES string of the molecule is C=CC(CCC(=C)NC)c1ccc(N2CCC(CC(C)C)C2)cc1. The Balaban J connectivity index is 1.94. The van der Waals surface area contributed by atoms with Crippen LogP contribution in [0.15, 0.2) is 49.2 Å². The van der Waals surface area contributed by atoms with Gasteiger partial charge in [-0.25, -0.2) is 0 Å². The molecule has 0 amide bonds. The van der Waals surface area contributed by atoms with Crippen molar-refractivity contribution >= 4 is 5.69 Å². The quantitative estimate of drug-likeness (QED) is 0.616. The van der Waals surface area contributed by atoms with E-state index in [-0.39, 0.29) is 0 Å². The summed E-state index contributed by atoms with van der Waals surface area (Å²) in [7, 11) is 1.93. The van der Waals surface area contributed by atoms with E-state index in [2.05, 4.69) is 67.6 Å². The third kappa shape index (κ3) is 5.15. The summed E-state index contributed by atoms with van der Waals surface area (Å²) in [6.45, 7) is 15.1. The van der Waals surface area contributed by atoms with Gasteiger partial charge in [-0.3, -0.25) is 0 Å². The molecule has 1 aromatic carbocycles. The van der Waals surface area contributed by atoms with Gasteiger partial charge in [-0.2, -0.15) is 0 Å². The zero-order valence-corrected chi connectivity index (χ0v) is 15.7. The summed E-state index contributed by atoms with van der Waals surface area (Å²) in [5.41, 5.74) is 3.81. The Morgan fingerprint density at radius 2 is 2.04 bits per heavy atom. The lowest BCUT2D eigenvalue weighted by Gasteiger charge is -2.21. The van der Waals surface area contributed by atoms with Crippen molar-refractivity contribution in [2.75, 3.05) is 25.0 Å². The molecular weight excluding hydrogens is 292 g/mol. The Morgan fingerprint density at radius 1 is 1.33 bits per heavy atom. The zero-order valence-electron chi connectivity index (χ0n) is 15.7. The Morgan fingerprint density at radius 3 is 2.62 bits per heavy atom. The van der Waals surface area contributed by atoms with E-state index >= 15 is 0 Å². The fraction of sp³-hybridized carbons (Fsp3) is 0.545. The van der Waals surface area contributed by atoms with Crippen molar-refractivity contribution in [1.82, 2.24) is 5.32 Å². The summed E-state index contributed by atoms with van der Waals surface area (Å²) in [5.74, 6) is 2.06. The van der Waals surface area contributed by atoms with Crippen molar-refractivity contribution in [3.63, 3.8) is 0 Å². The van der Waals surface area contributed by atoms with E-state index in [1.807, 2.05) is 7.05 Å². The molecule has 1 heterocycles. The van der Waals surface area contributed by atoms with Crippen LogP contribution in [-0.4, -0.2) is 20.1 Å². The molecule has 1 aliphatic heterocycles.